The van der Waals surface area contributed by atoms with Crippen LogP contribution in [0.1, 0.15) is 34.6 Å². The molecule has 96 valence electrons. The molecule has 0 fully saturated rings. The normalized spacial score (nSPS) is 13.9. The van der Waals surface area contributed by atoms with Gasteiger partial charge in [0.1, 0.15) is 12.6 Å². The molecule has 0 aromatic heterocycles. The van der Waals surface area contributed by atoms with Gasteiger partial charge in [-0.05, 0) is 11.3 Å². The van der Waals surface area contributed by atoms with Gasteiger partial charge in [-0.15, -0.1) is 0 Å². The number of ether oxygens (including phenoxy) is 2. The summed E-state index contributed by atoms with van der Waals surface area (Å²) in [5.41, 5.74) is 5.47. The smallest absolute Gasteiger partial charge is 0.323 e. The molecule has 0 spiro atoms. The number of carbonyl (C=O) groups is 1. The fourth-order valence-electron chi connectivity index (χ4n) is 0.964. The Hall–Kier alpha value is -0.610. The molecule has 0 bridgehead atoms. The molecule has 0 aromatic rings. The van der Waals surface area contributed by atoms with E-state index in [-0.39, 0.29) is 18.0 Å². The van der Waals surface area contributed by atoms with E-state index < -0.39 is 6.04 Å². The van der Waals surface area contributed by atoms with Gasteiger partial charge < -0.3 is 15.2 Å². The molecule has 0 unspecified atom stereocenters. The number of hydrogen-bond acceptors (Lipinski definition) is 4. The van der Waals surface area contributed by atoms with Crippen molar-refractivity contribution in [2.24, 2.45) is 17.1 Å². The van der Waals surface area contributed by atoms with Crippen LogP contribution >= 0.6 is 0 Å². The highest BCUT2D eigenvalue weighted by molar-refractivity contribution is 5.76. The molecule has 0 saturated carbocycles. The monoisotopic (exact) mass is 231 g/mol. The van der Waals surface area contributed by atoms with Crippen molar-refractivity contribution >= 4 is 5.97 Å². The van der Waals surface area contributed by atoms with Gasteiger partial charge in [0.15, 0.2) is 0 Å². The average molecular weight is 231 g/mol. The molecule has 0 aromatic carbocycles. The summed E-state index contributed by atoms with van der Waals surface area (Å²) in [6.45, 7) is 11.3. The van der Waals surface area contributed by atoms with E-state index in [2.05, 4.69) is 13.8 Å². The molecule has 4 heteroatoms. The maximum Gasteiger partial charge on any atom is 0.323 e. The predicted molar refractivity (Wildman–Crippen MR) is 64.0 cm³/mol. The standard InChI is InChI=1S/C12H25NO3/c1-9(2)8-15-6-7-16-11(14)10(13)12(3,4)5/h9-10H,6-8,13H2,1-5H3/t10-/m1/s1. The molecule has 0 amide bonds. The van der Waals surface area contributed by atoms with Crippen molar-refractivity contribution in [3.05, 3.63) is 0 Å². The van der Waals surface area contributed by atoms with E-state index in [0.29, 0.717) is 19.1 Å². The van der Waals surface area contributed by atoms with Crippen molar-refractivity contribution in [1.82, 2.24) is 0 Å². The molecule has 0 aliphatic rings. The predicted octanol–water partition coefficient (Wildman–Crippen LogP) is 1.58. The zero-order valence-corrected chi connectivity index (χ0v) is 11.1. The van der Waals surface area contributed by atoms with E-state index in [0.717, 1.165) is 0 Å². The summed E-state index contributed by atoms with van der Waals surface area (Å²) in [6, 6.07) is -0.586. The van der Waals surface area contributed by atoms with Gasteiger partial charge in [-0.25, -0.2) is 0 Å². The lowest BCUT2D eigenvalue weighted by molar-refractivity contribution is -0.149. The number of esters is 1. The number of rotatable bonds is 6. The second-order valence-corrected chi connectivity index (χ2v) is 5.48. The summed E-state index contributed by atoms with van der Waals surface area (Å²) in [7, 11) is 0. The Bertz CT molecular complexity index is 209. The molecular formula is C12H25NO3. The molecule has 0 radical (unpaired) electrons. The van der Waals surface area contributed by atoms with Crippen molar-refractivity contribution in [2.75, 3.05) is 19.8 Å². The van der Waals surface area contributed by atoms with Crippen LogP contribution in [0.15, 0.2) is 0 Å². The number of nitrogens with two attached hydrogens (primary N) is 1. The Labute approximate surface area is 98.5 Å². The summed E-state index contributed by atoms with van der Waals surface area (Å²) in [6.07, 6.45) is 0. The minimum atomic E-state index is -0.586. The van der Waals surface area contributed by atoms with Crippen LogP contribution < -0.4 is 5.73 Å². The Morgan fingerprint density at radius 1 is 1.25 bits per heavy atom. The first-order valence-electron chi connectivity index (χ1n) is 5.75. The van der Waals surface area contributed by atoms with Crippen LogP contribution in [-0.2, 0) is 14.3 Å². The molecule has 0 saturated heterocycles. The van der Waals surface area contributed by atoms with E-state index in [1.54, 1.807) is 0 Å². The van der Waals surface area contributed by atoms with Crippen molar-refractivity contribution < 1.29 is 14.3 Å². The van der Waals surface area contributed by atoms with Crippen molar-refractivity contribution in [1.29, 1.82) is 0 Å². The fourth-order valence-corrected chi connectivity index (χ4v) is 0.964. The lowest BCUT2D eigenvalue weighted by atomic mass is 9.87. The van der Waals surface area contributed by atoms with Crippen LogP contribution in [0.3, 0.4) is 0 Å². The van der Waals surface area contributed by atoms with Gasteiger partial charge in [-0.3, -0.25) is 4.79 Å². The molecule has 4 nitrogen and oxygen atoms in total. The average Bonchev–Trinajstić information content (AvgIpc) is 2.13. The third-order valence-corrected chi connectivity index (χ3v) is 2.11. The molecular weight excluding hydrogens is 206 g/mol. The zero-order chi connectivity index (χ0) is 12.8. The minimum absolute atomic E-state index is 0.268. The summed E-state index contributed by atoms with van der Waals surface area (Å²) in [4.78, 5) is 11.5. The maximum atomic E-state index is 11.5. The number of hydrogen-bond donors (Lipinski definition) is 1. The van der Waals surface area contributed by atoms with E-state index in [9.17, 15) is 4.79 Å². The Balaban J connectivity index is 3.66. The fraction of sp³-hybridized carbons (Fsp3) is 0.917. The van der Waals surface area contributed by atoms with Crippen LogP contribution in [0.2, 0.25) is 0 Å². The van der Waals surface area contributed by atoms with E-state index in [4.69, 9.17) is 15.2 Å². The molecule has 0 aliphatic heterocycles. The molecule has 0 aliphatic carbocycles. The molecule has 1 atom stereocenters. The second kappa shape index (κ2) is 6.86. The minimum Gasteiger partial charge on any atom is -0.462 e. The van der Waals surface area contributed by atoms with Crippen LogP contribution in [0.25, 0.3) is 0 Å². The quantitative estimate of drug-likeness (QED) is 0.557. The van der Waals surface area contributed by atoms with Crippen molar-refractivity contribution in [3.8, 4) is 0 Å². The van der Waals surface area contributed by atoms with E-state index in [1.807, 2.05) is 20.8 Å². The van der Waals surface area contributed by atoms with Crippen LogP contribution in [0.5, 0.6) is 0 Å². The van der Waals surface area contributed by atoms with Gasteiger partial charge in [0, 0.05) is 6.61 Å². The molecule has 2 N–H and O–H groups in total. The highest BCUT2D eigenvalue weighted by atomic mass is 16.6. The summed E-state index contributed by atoms with van der Waals surface area (Å²) in [5.74, 6) is 0.133. The molecule has 0 rings (SSSR count). The van der Waals surface area contributed by atoms with Gasteiger partial charge >= 0.3 is 5.97 Å². The Kier molecular flexibility index (Phi) is 6.60. The third-order valence-electron chi connectivity index (χ3n) is 2.11. The van der Waals surface area contributed by atoms with Gasteiger partial charge in [0.25, 0.3) is 0 Å². The van der Waals surface area contributed by atoms with E-state index >= 15 is 0 Å². The Morgan fingerprint density at radius 2 is 1.81 bits per heavy atom. The van der Waals surface area contributed by atoms with E-state index in [1.165, 1.54) is 0 Å². The largest absolute Gasteiger partial charge is 0.462 e. The van der Waals surface area contributed by atoms with Gasteiger partial charge in [0.05, 0.1) is 6.61 Å². The Morgan fingerprint density at radius 3 is 2.25 bits per heavy atom. The summed E-state index contributed by atoms with van der Waals surface area (Å²) >= 11 is 0. The maximum absolute atomic E-state index is 11.5. The lowest BCUT2D eigenvalue weighted by Crippen LogP contribution is -2.43. The number of carbonyl (C=O) groups excluding carboxylic acids is 1. The SMILES string of the molecule is CC(C)COCCOC(=O)[C@@H](N)C(C)(C)C. The zero-order valence-electron chi connectivity index (χ0n) is 11.1. The summed E-state index contributed by atoms with van der Waals surface area (Å²) < 4.78 is 10.3. The van der Waals surface area contributed by atoms with Gasteiger partial charge in [0.2, 0.25) is 0 Å². The van der Waals surface area contributed by atoms with Crippen LogP contribution in [0.4, 0.5) is 0 Å². The first-order chi connectivity index (χ1) is 7.25. The topological polar surface area (TPSA) is 61.5 Å². The molecule has 16 heavy (non-hydrogen) atoms. The first-order valence-corrected chi connectivity index (χ1v) is 5.75. The first kappa shape index (κ1) is 15.4. The van der Waals surface area contributed by atoms with Gasteiger partial charge in [-0.2, -0.15) is 0 Å². The van der Waals surface area contributed by atoms with Gasteiger partial charge in [-0.1, -0.05) is 34.6 Å². The second-order valence-electron chi connectivity index (χ2n) is 5.48. The highest BCUT2D eigenvalue weighted by Crippen LogP contribution is 2.18. The third kappa shape index (κ3) is 6.80. The van der Waals surface area contributed by atoms with Crippen LogP contribution in [-0.4, -0.2) is 31.8 Å². The highest BCUT2D eigenvalue weighted by Gasteiger charge is 2.28. The van der Waals surface area contributed by atoms with Crippen LogP contribution in [0, 0.1) is 11.3 Å². The summed E-state index contributed by atoms with van der Waals surface area (Å²) in [5, 5.41) is 0. The van der Waals surface area contributed by atoms with Crippen molar-refractivity contribution in [2.45, 2.75) is 40.7 Å². The molecule has 0 heterocycles. The lowest BCUT2D eigenvalue weighted by Gasteiger charge is -2.24. The van der Waals surface area contributed by atoms with Crippen molar-refractivity contribution in [3.63, 3.8) is 0 Å².